The first-order valence-electron chi connectivity index (χ1n) is 7.10. The molecule has 0 bridgehead atoms. The summed E-state index contributed by atoms with van der Waals surface area (Å²) < 4.78 is 0. The molecule has 110 valence electrons. The van der Waals surface area contributed by atoms with Gasteiger partial charge in [0.05, 0.1) is 13.2 Å². The van der Waals surface area contributed by atoms with Crippen LogP contribution in [0.2, 0.25) is 0 Å². The molecule has 0 atom stereocenters. The number of piperazine rings is 1. The van der Waals surface area contributed by atoms with Crippen LogP contribution in [0.3, 0.4) is 0 Å². The number of hydrogen-bond donors (Lipinski definition) is 2. The number of rotatable bonds is 5. The third-order valence-corrected chi connectivity index (χ3v) is 3.67. The number of aryl methyl sites for hydroxylation is 1. The molecule has 1 saturated heterocycles. The van der Waals surface area contributed by atoms with Crippen LogP contribution in [0.4, 0.5) is 5.69 Å². The summed E-state index contributed by atoms with van der Waals surface area (Å²) in [7, 11) is 0. The molecule has 1 fully saturated rings. The van der Waals surface area contributed by atoms with Crippen molar-refractivity contribution in [1.29, 1.82) is 0 Å². The number of carbonyl (C=O) groups is 1. The summed E-state index contributed by atoms with van der Waals surface area (Å²) in [5.74, 6) is 0.0370. The predicted molar refractivity (Wildman–Crippen MR) is 79.8 cm³/mol. The van der Waals surface area contributed by atoms with E-state index in [1.54, 1.807) is 0 Å². The molecule has 2 N–H and O–H groups in total. The Kier molecular flexibility index (Phi) is 5.52. The van der Waals surface area contributed by atoms with Crippen molar-refractivity contribution in [2.45, 2.75) is 6.92 Å². The summed E-state index contributed by atoms with van der Waals surface area (Å²) in [6.07, 6.45) is 0. The topological polar surface area (TPSA) is 55.8 Å². The summed E-state index contributed by atoms with van der Waals surface area (Å²) in [6.45, 7) is 6.93. The number of amides is 1. The first-order valence-corrected chi connectivity index (χ1v) is 7.10. The van der Waals surface area contributed by atoms with E-state index in [-0.39, 0.29) is 12.5 Å². The molecule has 0 saturated carbocycles. The average Bonchev–Trinajstić information content (AvgIpc) is 2.44. The third-order valence-electron chi connectivity index (χ3n) is 3.67. The van der Waals surface area contributed by atoms with Crippen LogP contribution in [0.25, 0.3) is 0 Å². The Morgan fingerprint density at radius 1 is 1.20 bits per heavy atom. The van der Waals surface area contributed by atoms with Crippen LogP contribution >= 0.6 is 0 Å². The second kappa shape index (κ2) is 7.38. The monoisotopic (exact) mass is 277 g/mol. The lowest BCUT2D eigenvalue weighted by Gasteiger charge is -2.33. The first-order chi connectivity index (χ1) is 9.69. The summed E-state index contributed by atoms with van der Waals surface area (Å²) in [4.78, 5) is 16.4. The maximum Gasteiger partial charge on any atom is 0.238 e. The van der Waals surface area contributed by atoms with Crippen molar-refractivity contribution < 1.29 is 9.90 Å². The molecule has 0 radical (unpaired) electrons. The molecule has 1 heterocycles. The van der Waals surface area contributed by atoms with Gasteiger partial charge in [-0.15, -0.1) is 0 Å². The number of nitrogens with zero attached hydrogens (tertiary/aromatic N) is 2. The molecule has 1 aliphatic rings. The van der Waals surface area contributed by atoms with Gasteiger partial charge in [-0.1, -0.05) is 18.2 Å². The fourth-order valence-electron chi connectivity index (χ4n) is 2.42. The molecule has 20 heavy (non-hydrogen) atoms. The van der Waals surface area contributed by atoms with E-state index < -0.39 is 0 Å². The van der Waals surface area contributed by atoms with E-state index in [2.05, 4.69) is 15.1 Å². The first kappa shape index (κ1) is 15.0. The second-order valence-electron chi connectivity index (χ2n) is 5.20. The van der Waals surface area contributed by atoms with Gasteiger partial charge in [0.25, 0.3) is 0 Å². The van der Waals surface area contributed by atoms with Gasteiger partial charge in [-0.2, -0.15) is 0 Å². The van der Waals surface area contributed by atoms with Crippen LogP contribution in [0.5, 0.6) is 0 Å². The summed E-state index contributed by atoms with van der Waals surface area (Å²) >= 11 is 0. The maximum atomic E-state index is 12.0. The van der Waals surface area contributed by atoms with Crippen molar-refractivity contribution in [2.75, 3.05) is 51.2 Å². The standard InChI is InChI=1S/C15H23N3O2/c1-13-4-2-3-5-14(13)16-15(20)12-18-8-6-17(7-9-18)10-11-19/h2-5,19H,6-12H2,1H3,(H,16,20). The quantitative estimate of drug-likeness (QED) is 0.825. The lowest BCUT2D eigenvalue weighted by molar-refractivity contribution is -0.117. The molecule has 0 spiro atoms. The number of benzene rings is 1. The fraction of sp³-hybridized carbons (Fsp3) is 0.533. The number of aliphatic hydroxyl groups excluding tert-OH is 1. The Morgan fingerprint density at radius 3 is 2.50 bits per heavy atom. The van der Waals surface area contributed by atoms with E-state index in [1.807, 2.05) is 31.2 Å². The highest BCUT2D eigenvalue weighted by atomic mass is 16.3. The second-order valence-corrected chi connectivity index (χ2v) is 5.20. The van der Waals surface area contributed by atoms with E-state index >= 15 is 0 Å². The number of para-hydroxylation sites is 1. The SMILES string of the molecule is Cc1ccccc1NC(=O)CN1CCN(CCO)CC1. The van der Waals surface area contributed by atoms with Gasteiger partial charge in [0.1, 0.15) is 0 Å². The van der Waals surface area contributed by atoms with Gasteiger partial charge >= 0.3 is 0 Å². The zero-order chi connectivity index (χ0) is 14.4. The van der Waals surface area contributed by atoms with Gasteiger partial charge in [-0.3, -0.25) is 14.6 Å². The molecule has 0 unspecified atom stereocenters. The third kappa shape index (κ3) is 4.30. The molecular formula is C15H23N3O2. The van der Waals surface area contributed by atoms with Gasteiger partial charge in [0.2, 0.25) is 5.91 Å². The number of aliphatic hydroxyl groups is 1. The van der Waals surface area contributed by atoms with Crippen LogP contribution in [0, 0.1) is 6.92 Å². The Hall–Kier alpha value is -1.43. The average molecular weight is 277 g/mol. The molecule has 1 aliphatic heterocycles. The molecular weight excluding hydrogens is 254 g/mol. The zero-order valence-electron chi connectivity index (χ0n) is 12.0. The van der Waals surface area contributed by atoms with E-state index in [1.165, 1.54) is 0 Å². The smallest absolute Gasteiger partial charge is 0.238 e. The summed E-state index contributed by atoms with van der Waals surface area (Å²) in [5.41, 5.74) is 1.96. The number of nitrogens with one attached hydrogen (secondary N) is 1. The van der Waals surface area contributed by atoms with Crippen LogP contribution < -0.4 is 5.32 Å². The van der Waals surface area contributed by atoms with Gasteiger partial charge in [0, 0.05) is 38.4 Å². The largest absolute Gasteiger partial charge is 0.395 e. The Labute approximate surface area is 120 Å². The molecule has 2 rings (SSSR count). The van der Waals surface area contributed by atoms with E-state index in [4.69, 9.17) is 5.11 Å². The Bertz CT molecular complexity index is 442. The van der Waals surface area contributed by atoms with Gasteiger partial charge < -0.3 is 10.4 Å². The van der Waals surface area contributed by atoms with Crippen molar-refractivity contribution in [3.05, 3.63) is 29.8 Å². The maximum absolute atomic E-state index is 12.0. The van der Waals surface area contributed by atoms with Crippen molar-refractivity contribution in [3.8, 4) is 0 Å². The number of anilines is 1. The minimum absolute atomic E-state index is 0.0370. The Morgan fingerprint density at radius 2 is 1.85 bits per heavy atom. The number of β-amino-alcohol motifs (C(OH)–C–C–N with tert-alkyl or cyclic N) is 1. The normalized spacial score (nSPS) is 17.1. The van der Waals surface area contributed by atoms with Crippen molar-refractivity contribution >= 4 is 11.6 Å². The predicted octanol–water partition coefficient (Wildman–Crippen LogP) is 0.543. The Balaban J connectivity index is 1.77. The van der Waals surface area contributed by atoms with Crippen molar-refractivity contribution in [1.82, 2.24) is 9.80 Å². The zero-order valence-corrected chi connectivity index (χ0v) is 12.0. The van der Waals surface area contributed by atoms with Crippen molar-refractivity contribution in [2.24, 2.45) is 0 Å². The van der Waals surface area contributed by atoms with Crippen LogP contribution in [0.1, 0.15) is 5.56 Å². The van der Waals surface area contributed by atoms with Crippen LogP contribution in [-0.4, -0.2) is 66.7 Å². The van der Waals surface area contributed by atoms with Gasteiger partial charge in [-0.25, -0.2) is 0 Å². The number of carbonyl (C=O) groups excluding carboxylic acids is 1. The lowest BCUT2D eigenvalue weighted by Crippen LogP contribution is -2.49. The molecule has 0 aliphatic carbocycles. The van der Waals surface area contributed by atoms with Crippen molar-refractivity contribution in [3.63, 3.8) is 0 Å². The minimum Gasteiger partial charge on any atom is -0.395 e. The molecule has 1 amide bonds. The van der Waals surface area contributed by atoms with Crippen LogP contribution in [-0.2, 0) is 4.79 Å². The fourth-order valence-corrected chi connectivity index (χ4v) is 2.42. The summed E-state index contributed by atoms with van der Waals surface area (Å²) in [6, 6.07) is 7.80. The molecule has 5 heteroatoms. The molecule has 5 nitrogen and oxygen atoms in total. The highest BCUT2D eigenvalue weighted by Crippen LogP contribution is 2.13. The van der Waals surface area contributed by atoms with E-state index in [9.17, 15) is 4.79 Å². The highest BCUT2D eigenvalue weighted by molar-refractivity contribution is 5.92. The molecule has 0 aromatic heterocycles. The van der Waals surface area contributed by atoms with E-state index in [0.29, 0.717) is 6.54 Å². The highest BCUT2D eigenvalue weighted by Gasteiger charge is 2.18. The van der Waals surface area contributed by atoms with Gasteiger partial charge in [0.15, 0.2) is 0 Å². The molecule has 1 aromatic rings. The minimum atomic E-state index is 0.0370. The number of hydrogen-bond acceptors (Lipinski definition) is 4. The van der Waals surface area contributed by atoms with Gasteiger partial charge in [-0.05, 0) is 18.6 Å². The molecule has 1 aromatic carbocycles. The van der Waals surface area contributed by atoms with Crippen LogP contribution in [0.15, 0.2) is 24.3 Å². The summed E-state index contributed by atoms with van der Waals surface area (Å²) in [5, 5.41) is 11.9. The lowest BCUT2D eigenvalue weighted by atomic mass is 10.2. The van der Waals surface area contributed by atoms with E-state index in [0.717, 1.165) is 44.0 Å².